The van der Waals surface area contributed by atoms with Crippen molar-refractivity contribution in [2.45, 2.75) is 0 Å². The molecule has 0 aliphatic carbocycles. The maximum atomic E-state index is 2.37. The zero-order valence-corrected chi connectivity index (χ0v) is 24.2. The number of fused-ring (bicyclic) bond motifs is 6. The Morgan fingerprint density at radius 1 is 0.279 bits per heavy atom. The molecule has 200 valence electrons. The maximum absolute atomic E-state index is 2.37. The normalized spacial score (nSPS) is 11.7. The van der Waals surface area contributed by atoms with E-state index in [0.717, 1.165) is 0 Å². The minimum Gasteiger partial charge on any atom is -0.135 e. The minimum atomic E-state index is 1.24. The third kappa shape index (κ3) is 3.90. The zero-order chi connectivity index (χ0) is 28.3. The number of hydrogen-bond acceptors (Lipinski definition) is 1. The van der Waals surface area contributed by atoms with E-state index in [1.165, 1.54) is 85.9 Å². The van der Waals surface area contributed by atoms with Crippen LogP contribution in [0.4, 0.5) is 0 Å². The molecular formula is C42H26S. The van der Waals surface area contributed by atoms with Gasteiger partial charge in [-0.2, -0.15) is 0 Å². The second kappa shape index (κ2) is 9.66. The molecule has 9 aromatic rings. The Morgan fingerprint density at radius 3 is 1.37 bits per heavy atom. The Labute approximate surface area is 254 Å². The molecule has 0 amide bonds. The minimum absolute atomic E-state index is 1.24. The topological polar surface area (TPSA) is 0 Å². The lowest BCUT2D eigenvalue weighted by Crippen LogP contribution is -1.90. The summed E-state index contributed by atoms with van der Waals surface area (Å²) in [6, 6.07) is 58.0. The van der Waals surface area contributed by atoms with Gasteiger partial charge in [0, 0.05) is 20.2 Å². The van der Waals surface area contributed by atoms with Crippen LogP contribution >= 0.6 is 11.3 Å². The first kappa shape index (κ1) is 24.4. The summed E-state index contributed by atoms with van der Waals surface area (Å²) >= 11 is 1.88. The quantitative estimate of drug-likeness (QED) is 0.188. The van der Waals surface area contributed by atoms with Gasteiger partial charge in [0.05, 0.1) is 0 Å². The lowest BCUT2D eigenvalue weighted by molar-refractivity contribution is 1.63. The monoisotopic (exact) mass is 562 g/mol. The van der Waals surface area contributed by atoms with Crippen LogP contribution < -0.4 is 0 Å². The lowest BCUT2D eigenvalue weighted by atomic mass is 9.86. The predicted octanol–water partition coefficient (Wildman–Crippen LogP) is 12.5. The first-order chi connectivity index (χ1) is 21.3. The fourth-order valence-corrected chi connectivity index (χ4v) is 7.94. The van der Waals surface area contributed by atoms with Crippen molar-refractivity contribution in [1.82, 2.24) is 0 Å². The van der Waals surface area contributed by atoms with Gasteiger partial charge in [-0.1, -0.05) is 133 Å². The van der Waals surface area contributed by atoms with E-state index in [4.69, 9.17) is 0 Å². The zero-order valence-electron chi connectivity index (χ0n) is 23.4. The van der Waals surface area contributed by atoms with E-state index in [0.29, 0.717) is 0 Å². The molecule has 1 aromatic heterocycles. The molecule has 0 unspecified atom stereocenters. The van der Waals surface area contributed by atoms with Gasteiger partial charge in [-0.3, -0.25) is 0 Å². The number of benzene rings is 8. The molecule has 0 atom stereocenters. The Kier molecular flexibility index (Phi) is 5.47. The summed E-state index contributed by atoms with van der Waals surface area (Å²) < 4.78 is 2.68. The van der Waals surface area contributed by atoms with Gasteiger partial charge in [0.1, 0.15) is 0 Å². The van der Waals surface area contributed by atoms with Gasteiger partial charge >= 0.3 is 0 Å². The molecule has 1 heteroatoms. The summed E-state index contributed by atoms with van der Waals surface area (Å²) in [6.07, 6.45) is 0. The van der Waals surface area contributed by atoms with Crippen LogP contribution in [0.1, 0.15) is 0 Å². The van der Waals surface area contributed by atoms with Gasteiger partial charge in [-0.15, -0.1) is 11.3 Å². The SMILES string of the molecule is c1ccc(-c2c3ccccc3c(-c3ccc(-c4ccc5sc6cc7ccccc7cc6c5c4)cc3)c3ccccc23)cc1. The van der Waals surface area contributed by atoms with Crippen molar-refractivity contribution in [2.75, 3.05) is 0 Å². The molecule has 0 saturated heterocycles. The third-order valence-corrected chi connectivity index (χ3v) is 9.97. The molecule has 9 rings (SSSR count). The highest BCUT2D eigenvalue weighted by atomic mass is 32.1. The highest BCUT2D eigenvalue weighted by Gasteiger charge is 2.16. The van der Waals surface area contributed by atoms with E-state index in [1.807, 2.05) is 11.3 Å². The van der Waals surface area contributed by atoms with Gasteiger partial charge in [-0.05, 0) is 90.0 Å². The predicted molar refractivity (Wildman–Crippen MR) is 188 cm³/mol. The molecule has 0 radical (unpaired) electrons. The second-order valence-electron chi connectivity index (χ2n) is 11.3. The van der Waals surface area contributed by atoms with Crippen LogP contribution in [0, 0.1) is 0 Å². The highest BCUT2D eigenvalue weighted by molar-refractivity contribution is 7.25. The van der Waals surface area contributed by atoms with E-state index in [1.54, 1.807) is 0 Å². The van der Waals surface area contributed by atoms with E-state index in [-0.39, 0.29) is 0 Å². The Balaban J connectivity index is 1.20. The molecule has 0 bridgehead atoms. The Hall–Kier alpha value is -5.24. The summed E-state index contributed by atoms with van der Waals surface area (Å²) in [5.41, 5.74) is 7.58. The fourth-order valence-electron chi connectivity index (χ4n) is 6.83. The second-order valence-corrected chi connectivity index (χ2v) is 12.4. The van der Waals surface area contributed by atoms with Crippen molar-refractivity contribution < 1.29 is 0 Å². The van der Waals surface area contributed by atoms with Gasteiger partial charge in [-0.25, -0.2) is 0 Å². The van der Waals surface area contributed by atoms with Crippen LogP contribution in [0.15, 0.2) is 158 Å². The first-order valence-electron chi connectivity index (χ1n) is 14.8. The highest BCUT2D eigenvalue weighted by Crippen LogP contribution is 2.44. The molecule has 0 saturated carbocycles. The van der Waals surface area contributed by atoms with Crippen molar-refractivity contribution >= 4 is 63.8 Å². The Morgan fingerprint density at radius 2 is 0.744 bits per heavy atom. The molecule has 0 nitrogen and oxygen atoms in total. The summed E-state index contributed by atoms with van der Waals surface area (Å²) in [5.74, 6) is 0. The molecule has 0 spiro atoms. The van der Waals surface area contributed by atoms with Crippen LogP contribution in [-0.2, 0) is 0 Å². The lowest BCUT2D eigenvalue weighted by Gasteiger charge is -2.18. The third-order valence-electron chi connectivity index (χ3n) is 8.84. The van der Waals surface area contributed by atoms with Gasteiger partial charge < -0.3 is 0 Å². The van der Waals surface area contributed by atoms with Crippen molar-refractivity contribution in [2.24, 2.45) is 0 Å². The number of thiophene rings is 1. The molecule has 8 aromatic carbocycles. The van der Waals surface area contributed by atoms with Crippen molar-refractivity contribution in [1.29, 1.82) is 0 Å². The van der Waals surface area contributed by atoms with Crippen molar-refractivity contribution in [3.8, 4) is 33.4 Å². The summed E-state index contributed by atoms with van der Waals surface area (Å²) in [4.78, 5) is 0. The summed E-state index contributed by atoms with van der Waals surface area (Å²) in [7, 11) is 0. The fraction of sp³-hybridized carbons (Fsp3) is 0. The van der Waals surface area contributed by atoms with Crippen LogP contribution in [-0.4, -0.2) is 0 Å². The van der Waals surface area contributed by atoms with Crippen LogP contribution in [0.5, 0.6) is 0 Å². The Bertz CT molecular complexity index is 2420. The number of hydrogen-bond donors (Lipinski definition) is 0. The summed E-state index contributed by atoms with van der Waals surface area (Å²) in [6.45, 7) is 0. The molecule has 0 N–H and O–H groups in total. The van der Waals surface area contributed by atoms with E-state index < -0.39 is 0 Å². The smallest absolute Gasteiger partial charge is 0.0361 e. The standard InChI is InChI=1S/C42H26S/c1-2-10-28(11-3-1)41-33-14-6-8-16-35(33)42(36-17-9-7-15-34(36)41)29-20-18-27(19-21-29)32-22-23-39-37(25-32)38-24-30-12-4-5-13-31(30)26-40(38)43-39/h1-26H. The molecule has 0 aliphatic heterocycles. The van der Waals surface area contributed by atoms with Crippen LogP contribution in [0.2, 0.25) is 0 Å². The van der Waals surface area contributed by atoms with E-state index >= 15 is 0 Å². The molecule has 0 aliphatic rings. The van der Waals surface area contributed by atoms with Gasteiger partial charge in [0.2, 0.25) is 0 Å². The van der Waals surface area contributed by atoms with Gasteiger partial charge in [0.15, 0.2) is 0 Å². The van der Waals surface area contributed by atoms with E-state index in [9.17, 15) is 0 Å². The maximum Gasteiger partial charge on any atom is 0.0361 e. The average molecular weight is 563 g/mol. The molecule has 0 fully saturated rings. The van der Waals surface area contributed by atoms with Crippen LogP contribution in [0.25, 0.3) is 85.9 Å². The first-order valence-corrected chi connectivity index (χ1v) is 15.6. The van der Waals surface area contributed by atoms with Crippen molar-refractivity contribution in [3.05, 3.63) is 158 Å². The summed E-state index contributed by atoms with van der Waals surface area (Å²) in [5, 5.41) is 10.4. The van der Waals surface area contributed by atoms with Crippen molar-refractivity contribution in [3.63, 3.8) is 0 Å². The number of rotatable bonds is 3. The average Bonchev–Trinajstić information content (AvgIpc) is 3.43. The largest absolute Gasteiger partial charge is 0.135 e. The van der Waals surface area contributed by atoms with E-state index in [2.05, 4.69) is 158 Å². The van der Waals surface area contributed by atoms with Crippen LogP contribution in [0.3, 0.4) is 0 Å². The molecule has 1 heterocycles. The molecule has 43 heavy (non-hydrogen) atoms. The molecular weight excluding hydrogens is 537 g/mol. The van der Waals surface area contributed by atoms with Gasteiger partial charge in [0.25, 0.3) is 0 Å².